The first-order valence-corrected chi connectivity index (χ1v) is 5.45. The number of fused-ring (bicyclic) bond motifs is 1. The van der Waals surface area contributed by atoms with Gasteiger partial charge in [-0.3, -0.25) is 0 Å². The third kappa shape index (κ3) is 23.3. The van der Waals surface area contributed by atoms with Crippen LogP contribution in [0.5, 0.6) is 11.5 Å². The van der Waals surface area contributed by atoms with Gasteiger partial charge < -0.3 is 39.2 Å². The number of hydrogen-bond acceptors (Lipinski definition) is 8. The van der Waals surface area contributed by atoms with Crippen LogP contribution in [0.4, 0.5) is 0 Å². The van der Waals surface area contributed by atoms with Crippen LogP contribution in [0.3, 0.4) is 0 Å². The number of ether oxygens (including phenoxy) is 2. The van der Waals surface area contributed by atoms with Gasteiger partial charge in [0.05, 0.1) is 0 Å². The van der Waals surface area contributed by atoms with Crippen molar-refractivity contribution < 1.29 is 39.2 Å². The SMILES string of the molecule is CC(=O)[O-].CC(=O)[O-].CC(=O)[O-].[Pb].[c]1cccc2c1OCO2. The van der Waals surface area contributed by atoms with Gasteiger partial charge in [0.1, 0.15) is 0 Å². The normalized spacial score (nSPS) is 9.05. The van der Waals surface area contributed by atoms with Crippen LogP contribution in [0.25, 0.3) is 0 Å². The first-order chi connectivity index (χ1) is 9.66. The van der Waals surface area contributed by atoms with E-state index < -0.39 is 17.9 Å². The maximum Gasteiger partial charge on any atom is 0.231 e. The molecule has 9 heteroatoms. The molecule has 0 fully saturated rings. The molecule has 8 nitrogen and oxygen atoms in total. The van der Waals surface area contributed by atoms with E-state index in [-0.39, 0.29) is 27.3 Å². The van der Waals surface area contributed by atoms with E-state index in [1.54, 1.807) is 6.07 Å². The standard InChI is InChI=1S/C7H5O2.3C2H4O2.Pb/c1-2-4-7-6(3-1)8-5-9-7;3*1-2(3)4;/h1-3H,5H2;3*1H3,(H,3,4);/p-3. The minimum atomic E-state index is -1.08. The molecule has 22 heavy (non-hydrogen) atoms. The van der Waals surface area contributed by atoms with Crippen molar-refractivity contribution in [3.8, 4) is 11.5 Å². The molecule has 2 rings (SSSR count). The Morgan fingerprint density at radius 1 is 1.00 bits per heavy atom. The summed E-state index contributed by atoms with van der Waals surface area (Å²) in [7, 11) is 0. The van der Waals surface area contributed by atoms with Crippen molar-refractivity contribution in [1.29, 1.82) is 0 Å². The molecule has 0 amide bonds. The van der Waals surface area contributed by atoms with Gasteiger partial charge in [-0.05, 0) is 26.8 Å². The van der Waals surface area contributed by atoms with Gasteiger partial charge >= 0.3 is 0 Å². The quantitative estimate of drug-likeness (QED) is 0.343. The zero-order valence-electron chi connectivity index (χ0n) is 12.2. The van der Waals surface area contributed by atoms with Crippen molar-refractivity contribution >= 4 is 45.2 Å². The zero-order valence-corrected chi connectivity index (χ0v) is 16.1. The summed E-state index contributed by atoms with van der Waals surface area (Å²) in [5.41, 5.74) is 0. The summed E-state index contributed by atoms with van der Waals surface area (Å²) in [6.07, 6.45) is 0. The second-order valence-electron chi connectivity index (χ2n) is 3.24. The Kier molecular flexibility index (Phi) is 17.7. The van der Waals surface area contributed by atoms with Crippen molar-refractivity contribution in [2.45, 2.75) is 20.8 Å². The number of rotatable bonds is 0. The molecule has 1 aromatic carbocycles. The molecule has 0 saturated heterocycles. The molecular formula is C13H14O8Pb-3. The van der Waals surface area contributed by atoms with E-state index >= 15 is 0 Å². The molecule has 1 aliphatic heterocycles. The third-order valence-electron chi connectivity index (χ3n) is 1.20. The zero-order chi connectivity index (χ0) is 16.8. The topological polar surface area (TPSA) is 139 Å². The Bertz CT molecular complexity index is 398. The van der Waals surface area contributed by atoms with Crippen LogP contribution in [0.15, 0.2) is 18.2 Å². The molecule has 0 unspecified atom stereocenters. The van der Waals surface area contributed by atoms with Gasteiger partial charge in [0.15, 0.2) is 11.5 Å². The molecule has 5 radical (unpaired) electrons. The molecule has 121 valence electrons. The third-order valence-corrected chi connectivity index (χ3v) is 1.20. The molecular weight excluding hydrogens is 491 g/mol. The molecule has 0 aromatic heterocycles. The number of hydrogen-bond donors (Lipinski definition) is 0. The Balaban J connectivity index is -0.000000241. The molecule has 0 spiro atoms. The molecule has 0 bridgehead atoms. The van der Waals surface area contributed by atoms with Crippen molar-refractivity contribution in [2.75, 3.05) is 6.79 Å². The Labute approximate surface area is 147 Å². The molecule has 0 saturated carbocycles. The summed E-state index contributed by atoms with van der Waals surface area (Å²) >= 11 is 0. The van der Waals surface area contributed by atoms with Gasteiger partial charge in [0.25, 0.3) is 0 Å². The van der Waals surface area contributed by atoms with Crippen LogP contribution >= 0.6 is 0 Å². The van der Waals surface area contributed by atoms with E-state index in [9.17, 15) is 0 Å². The number of carboxylic acid groups (broad SMARTS) is 3. The van der Waals surface area contributed by atoms with Crippen LogP contribution in [0.2, 0.25) is 0 Å². The number of carbonyl (C=O) groups excluding carboxylic acids is 3. The fourth-order valence-electron chi connectivity index (χ4n) is 0.784. The Morgan fingerprint density at radius 3 is 1.77 bits per heavy atom. The van der Waals surface area contributed by atoms with E-state index in [2.05, 4.69) is 6.07 Å². The molecule has 1 aliphatic rings. The van der Waals surface area contributed by atoms with Crippen molar-refractivity contribution in [3.05, 3.63) is 24.3 Å². The molecule has 0 N–H and O–H groups in total. The Hall–Kier alpha value is -1.85. The number of benzene rings is 1. The van der Waals surface area contributed by atoms with E-state index in [4.69, 9.17) is 39.2 Å². The van der Waals surface area contributed by atoms with Gasteiger partial charge in [0, 0.05) is 51.3 Å². The average molecular weight is 505 g/mol. The van der Waals surface area contributed by atoms with Gasteiger partial charge in [-0.15, -0.1) is 0 Å². The van der Waals surface area contributed by atoms with Crippen LogP contribution in [-0.2, 0) is 14.4 Å². The number of aliphatic carboxylic acids is 3. The maximum atomic E-state index is 8.89. The second-order valence-corrected chi connectivity index (χ2v) is 3.24. The van der Waals surface area contributed by atoms with Crippen LogP contribution in [0.1, 0.15) is 20.8 Å². The Morgan fingerprint density at radius 2 is 1.41 bits per heavy atom. The van der Waals surface area contributed by atoms with Crippen LogP contribution in [0, 0.1) is 6.07 Å². The second kappa shape index (κ2) is 15.5. The average Bonchev–Trinajstić information content (AvgIpc) is 2.74. The number of carboxylic acids is 3. The molecule has 0 aliphatic carbocycles. The predicted molar refractivity (Wildman–Crippen MR) is 69.2 cm³/mol. The minimum absolute atomic E-state index is 0. The number of para-hydroxylation sites is 1. The van der Waals surface area contributed by atoms with Gasteiger partial charge in [-0.1, -0.05) is 12.1 Å². The van der Waals surface area contributed by atoms with Crippen LogP contribution in [-0.4, -0.2) is 52.0 Å². The van der Waals surface area contributed by atoms with E-state index in [0.717, 1.165) is 32.3 Å². The van der Waals surface area contributed by atoms with Gasteiger partial charge in [-0.2, -0.15) is 0 Å². The first kappa shape index (κ1) is 25.1. The molecule has 0 atom stereocenters. The first-order valence-electron chi connectivity index (χ1n) is 5.45. The fraction of sp³-hybridized carbons (Fsp3) is 0.308. The summed E-state index contributed by atoms with van der Waals surface area (Å²) < 4.78 is 10.1. The largest absolute Gasteiger partial charge is 0.550 e. The summed E-state index contributed by atoms with van der Waals surface area (Å²) in [6, 6.07) is 8.43. The predicted octanol–water partition coefficient (Wildman–Crippen LogP) is -2.90. The molecule has 1 heterocycles. The van der Waals surface area contributed by atoms with Crippen molar-refractivity contribution in [2.24, 2.45) is 0 Å². The van der Waals surface area contributed by atoms with Crippen molar-refractivity contribution in [3.63, 3.8) is 0 Å². The van der Waals surface area contributed by atoms with E-state index in [1.165, 1.54) is 0 Å². The number of carbonyl (C=O) groups is 3. The summed E-state index contributed by atoms with van der Waals surface area (Å²) in [5.74, 6) is -1.74. The monoisotopic (exact) mass is 506 g/mol. The van der Waals surface area contributed by atoms with Crippen molar-refractivity contribution in [1.82, 2.24) is 0 Å². The van der Waals surface area contributed by atoms with Gasteiger partial charge in [0.2, 0.25) is 6.79 Å². The molecule has 1 aromatic rings. The van der Waals surface area contributed by atoms with Gasteiger partial charge in [-0.25, -0.2) is 0 Å². The summed E-state index contributed by atoms with van der Waals surface area (Å²) in [4.78, 5) is 26.7. The van der Waals surface area contributed by atoms with E-state index in [1.807, 2.05) is 12.1 Å². The smallest absolute Gasteiger partial charge is 0.231 e. The minimum Gasteiger partial charge on any atom is -0.550 e. The van der Waals surface area contributed by atoms with E-state index in [0.29, 0.717) is 6.79 Å². The summed E-state index contributed by atoms with van der Waals surface area (Å²) in [6.45, 7) is 3.25. The maximum absolute atomic E-state index is 8.89. The fourth-order valence-corrected chi connectivity index (χ4v) is 0.784. The van der Waals surface area contributed by atoms with Crippen LogP contribution < -0.4 is 24.8 Å². The summed E-state index contributed by atoms with van der Waals surface area (Å²) in [5, 5.41) is 26.7.